The van der Waals surface area contributed by atoms with Gasteiger partial charge < -0.3 is 34.5 Å². The van der Waals surface area contributed by atoms with Gasteiger partial charge in [0.05, 0.1) is 6.10 Å². The van der Waals surface area contributed by atoms with Crippen LogP contribution in [0, 0.1) is 0 Å². The van der Waals surface area contributed by atoms with E-state index in [4.69, 9.17) is 29.4 Å². The maximum absolute atomic E-state index is 12.4. The Kier molecular flexibility index (Phi) is 13.4. The molecule has 208 valence electrons. The van der Waals surface area contributed by atoms with Crippen LogP contribution in [0.3, 0.4) is 0 Å². The van der Waals surface area contributed by atoms with E-state index in [9.17, 15) is 24.3 Å². The Bertz CT molecular complexity index is 919. The zero-order chi connectivity index (χ0) is 28.1. The van der Waals surface area contributed by atoms with E-state index in [1.807, 2.05) is 13.8 Å². The van der Waals surface area contributed by atoms with Gasteiger partial charge in [-0.2, -0.15) is 0 Å². The normalized spacial score (nSPS) is 14.9. The minimum atomic E-state index is -1.37. The smallest absolute Gasteiger partial charge is 0.480 e. The van der Waals surface area contributed by atoms with Crippen LogP contribution in [0.2, 0.25) is 0 Å². The molecular weight excluding hydrogens is 486 g/mol. The van der Waals surface area contributed by atoms with Crippen LogP contribution in [0.15, 0.2) is 18.2 Å². The van der Waals surface area contributed by atoms with Crippen molar-refractivity contribution in [3.63, 3.8) is 0 Å². The van der Waals surface area contributed by atoms with Gasteiger partial charge in [-0.05, 0) is 57.7 Å². The molecule has 37 heavy (non-hydrogen) atoms. The largest absolute Gasteiger partial charge is 0.514 e. The molecule has 0 aromatic heterocycles. The van der Waals surface area contributed by atoms with Gasteiger partial charge in [-0.25, -0.2) is 9.59 Å². The number of nitrogens with two attached hydrogens (primary N) is 1. The molecule has 11 nitrogen and oxygen atoms in total. The van der Waals surface area contributed by atoms with E-state index < -0.39 is 48.4 Å². The van der Waals surface area contributed by atoms with Crippen molar-refractivity contribution in [2.24, 2.45) is 5.73 Å². The lowest BCUT2D eigenvalue weighted by molar-refractivity contribution is -0.146. The van der Waals surface area contributed by atoms with Crippen molar-refractivity contribution in [1.29, 1.82) is 0 Å². The van der Waals surface area contributed by atoms with Gasteiger partial charge in [0.25, 0.3) is 0 Å². The van der Waals surface area contributed by atoms with Crippen LogP contribution in [0.25, 0.3) is 0 Å². The summed E-state index contributed by atoms with van der Waals surface area (Å²) in [6.45, 7) is 10.2. The van der Waals surface area contributed by atoms with Gasteiger partial charge in [0.1, 0.15) is 18.2 Å². The third-order valence-corrected chi connectivity index (χ3v) is 5.44. The van der Waals surface area contributed by atoms with E-state index in [0.29, 0.717) is 18.4 Å². The van der Waals surface area contributed by atoms with Crippen molar-refractivity contribution in [1.82, 2.24) is 0 Å². The van der Waals surface area contributed by atoms with Crippen molar-refractivity contribution in [2.75, 3.05) is 0 Å². The number of hydrogen-bond donors (Lipinski definition) is 2. The zero-order valence-electron chi connectivity index (χ0n) is 22.4. The van der Waals surface area contributed by atoms with Crippen LogP contribution in [0.5, 0.6) is 11.5 Å². The highest BCUT2D eigenvalue weighted by molar-refractivity contribution is 5.75. The summed E-state index contributed by atoms with van der Waals surface area (Å²) >= 11 is 0. The average Bonchev–Trinajstić information content (AvgIpc) is 2.77. The summed E-state index contributed by atoms with van der Waals surface area (Å²) in [4.78, 5) is 47.8. The fourth-order valence-electron chi connectivity index (χ4n) is 3.76. The predicted octanol–water partition coefficient (Wildman–Crippen LogP) is 4.93. The van der Waals surface area contributed by atoms with Gasteiger partial charge in [-0.1, -0.05) is 32.8 Å². The Morgan fingerprint density at radius 2 is 1.35 bits per heavy atom. The molecule has 5 atom stereocenters. The Balaban J connectivity index is 3.34. The third-order valence-electron chi connectivity index (χ3n) is 5.44. The number of carbonyl (C=O) groups is 4. The number of carbonyl (C=O) groups excluding carboxylic acids is 3. The average molecular weight is 526 g/mol. The molecule has 0 aliphatic rings. The Hall–Kier alpha value is -3.34. The number of carboxylic acid groups (broad SMARTS) is 1. The molecule has 4 unspecified atom stereocenters. The number of hydrogen-bond acceptors (Lipinski definition) is 10. The fourth-order valence-corrected chi connectivity index (χ4v) is 3.76. The van der Waals surface area contributed by atoms with Crippen LogP contribution < -0.4 is 15.2 Å². The molecule has 0 bridgehead atoms. The minimum Gasteiger partial charge on any atom is -0.480 e. The Labute approximate surface area is 217 Å². The molecule has 0 amide bonds. The highest BCUT2D eigenvalue weighted by Crippen LogP contribution is 2.35. The number of rotatable bonds is 14. The molecule has 3 N–H and O–H groups in total. The first-order valence-corrected chi connectivity index (χ1v) is 12.4. The van der Waals surface area contributed by atoms with Crippen LogP contribution in [0.4, 0.5) is 9.59 Å². The molecule has 0 spiro atoms. The summed E-state index contributed by atoms with van der Waals surface area (Å²) in [6.07, 6.45) is -0.561. The molecular formula is C26H39NO10. The SMILES string of the molecule is CCCC(C)OC(=O)Oc1ccc(C(CC(C)OC(C)=O)[C@H](N)C(=O)O)cc1OC(=O)OC(C)CCC. The maximum Gasteiger partial charge on any atom is 0.514 e. The van der Waals surface area contributed by atoms with Crippen LogP contribution in [0.1, 0.15) is 85.1 Å². The molecule has 0 fully saturated rings. The first-order valence-electron chi connectivity index (χ1n) is 12.4. The summed E-state index contributed by atoms with van der Waals surface area (Å²) < 4.78 is 26.2. The minimum absolute atomic E-state index is 0.0707. The van der Waals surface area contributed by atoms with E-state index in [1.165, 1.54) is 25.1 Å². The van der Waals surface area contributed by atoms with E-state index in [2.05, 4.69) is 0 Å². The second-order valence-electron chi connectivity index (χ2n) is 8.97. The second-order valence-corrected chi connectivity index (χ2v) is 8.97. The molecule has 0 aliphatic heterocycles. The zero-order valence-corrected chi connectivity index (χ0v) is 22.4. The van der Waals surface area contributed by atoms with Gasteiger partial charge >= 0.3 is 24.2 Å². The molecule has 1 aromatic carbocycles. The standard InChI is InChI=1S/C26H39NO10/c1-7-9-15(3)34-25(31)36-21-12-11-19(14-22(21)37-26(32)35-16(4)10-8-2)20(23(27)24(29)30)13-17(5)33-18(6)28/h11-12,14-17,20,23H,7-10,13,27H2,1-6H3,(H,29,30)/t15?,16?,17?,20?,23-/m0/s1. The van der Waals surface area contributed by atoms with Gasteiger partial charge in [-0.3, -0.25) is 9.59 Å². The van der Waals surface area contributed by atoms with Gasteiger partial charge in [0.2, 0.25) is 0 Å². The van der Waals surface area contributed by atoms with Crippen LogP contribution in [-0.4, -0.2) is 53.7 Å². The maximum atomic E-state index is 12.4. The summed E-state index contributed by atoms with van der Waals surface area (Å²) in [5.74, 6) is -2.95. The van der Waals surface area contributed by atoms with Crippen molar-refractivity contribution >= 4 is 24.2 Å². The summed E-state index contributed by atoms with van der Waals surface area (Å²) in [6, 6.07) is 2.81. The molecule has 0 saturated carbocycles. The van der Waals surface area contributed by atoms with Crippen molar-refractivity contribution in [2.45, 2.75) is 104 Å². The highest BCUT2D eigenvalue weighted by atomic mass is 16.7. The van der Waals surface area contributed by atoms with Gasteiger partial charge in [0, 0.05) is 12.8 Å². The Morgan fingerprint density at radius 1 is 0.838 bits per heavy atom. The predicted molar refractivity (Wildman–Crippen MR) is 134 cm³/mol. The molecule has 0 saturated heterocycles. The molecule has 1 aromatic rings. The van der Waals surface area contributed by atoms with Crippen LogP contribution in [-0.2, 0) is 23.8 Å². The number of benzene rings is 1. The molecule has 0 heterocycles. The van der Waals surface area contributed by atoms with E-state index in [-0.39, 0.29) is 24.0 Å². The number of esters is 1. The molecule has 0 radical (unpaired) electrons. The highest BCUT2D eigenvalue weighted by Gasteiger charge is 2.30. The van der Waals surface area contributed by atoms with Crippen LogP contribution >= 0.6 is 0 Å². The van der Waals surface area contributed by atoms with Gasteiger partial charge in [-0.15, -0.1) is 0 Å². The lowest BCUT2D eigenvalue weighted by atomic mass is 9.87. The number of carboxylic acids is 1. The van der Waals surface area contributed by atoms with E-state index in [1.54, 1.807) is 20.8 Å². The summed E-state index contributed by atoms with van der Waals surface area (Å²) in [5.41, 5.74) is 6.31. The summed E-state index contributed by atoms with van der Waals surface area (Å²) in [7, 11) is 0. The fraction of sp³-hybridized carbons (Fsp3) is 0.615. The first-order chi connectivity index (χ1) is 17.4. The molecule has 0 aliphatic carbocycles. The second kappa shape index (κ2) is 15.7. The van der Waals surface area contributed by atoms with E-state index >= 15 is 0 Å². The monoisotopic (exact) mass is 525 g/mol. The number of aliphatic carboxylic acids is 1. The first kappa shape index (κ1) is 31.7. The lowest BCUT2D eigenvalue weighted by Gasteiger charge is -2.25. The van der Waals surface area contributed by atoms with Crippen molar-refractivity contribution in [3.05, 3.63) is 23.8 Å². The van der Waals surface area contributed by atoms with Crippen molar-refractivity contribution in [3.8, 4) is 11.5 Å². The third kappa shape index (κ3) is 11.5. The van der Waals surface area contributed by atoms with Gasteiger partial charge in [0.15, 0.2) is 11.5 Å². The Morgan fingerprint density at radius 3 is 1.81 bits per heavy atom. The quantitative estimate of drug-likeness (QED) is 0.192. The summed E-state index contributed by atoms with van der Waals surface area (Å²) in [5, 5.41) is 9.55. The topological polar surface area (TPSA) is 161 Å². The van der Waals surface area contributed by atoms with E-state index in [0.717, 1.165) is 12.8 Å². The molecule has 1 rings (SSSR count). The van der Waals surface area contributed by atoms with Crippen molar-refractivity contribution < 1.29 is 48.0 Å². The molecule has 11 heteroatoms. The lowest BCUT2D eigenvalue weighted by Crippen LogP contribution is -2.38. The number of ether oxygens (including phenoxy) is 5.